The standard InChI is InChI=1S/C43H53F3N2O3Si/c1-26(2)52(27(3)4,28(5)6)22-10-11-38(34-25-33(44)16-17-36(34)45)48-40(43(7,8)9)39-35(41(48)49)23-32(24-37(39)46)30-14-12-29(13-15-30)31-18-20-47(21-19-31)42(50)51/h12-17,23-28,31,38,40H,11,18-21H2,1-9H3,(H,50,51). The number of rotatable bonds is 8. The number of benzene rings is 3. The fraction of sp³-hybridized carbons (Fsp3) is 0.488. The molecule has 0 bridgehead atoms. The van der Waals surface area contributed by atoms with Crippen molar-refractivity contribution < 1.29 is 27.9 Å². The molecule has 3 aromatic carbocycles. The number of carboxylic acid groups (broad SMARTS) is 1. The van der Waals surface area contributed by atoms with Crippen LogP contribution in [0.4, 0.5) is 18.0 Å². The maximum Gasteiger partial charge on any atom is 0.407 e. The molecule has 2 unspecified atom stereocenters. The Morgan fingerprint density at radius 1 is 0.865 bits per heavy atom. The molecule has 1 fully saturated rings. The first-order valence-electron chi connectivity index (χ1n) is 18.6. The van der Waals surface area contributed by atoms with E-state index in [2.05, 4.69) is 53.0 Å². The Kier molecular flexibility index (Phi) is 11.4. The minimum absolute atomic E-state index is 0.0287. The topological polar surface area (TPSA) is 60.9 Å². The van der Waals surface area contributed by atoms with E-state index in [-0.39, 0.29) is 29.0 Å². The van der Waals surface area contributed by atoms with Gasteiger partial charge in [-0.05, 0) is 87.8 Å². The van der Waals surface area contributed by atoms with Gasteiger partial charge in [-0.1, -0.05) is 86.6 Å². The van der Waals surface area contributed by atoms with Gasteiger partial charge in [0.15, 0.2) is 0 Å². The van der Waals surface area contributed by atoms with Crippen molar-refractivity contribution in [3.8, 4) is 22.6 Å². The first kappa shape index (κ1) is 39.2. The number of hydrogen-bond donors (Lipinski definition) is 1. The summed E-state index contributed by atoms with van der Waals surface area (Å²) in [5.41, 5.74) is 6.97. The third kappa shape index (κ3) is 7.41. The number of nitrogens with zero attached hydrogens (tertiary/aromatic N) is 2. The van der Waals surface area contributed by atoms with E-state index in [1.807, 2.05) is 45.0 Å². The van der Waals surface area contributed by atoms with Gasteiger partial charge in [-0.3, -0.25) is 4.79 Å². The highest BCUT2D eigenvalue weighted by molar-refractivity contribution is 6.90. The van der Waals surface area contributed by atoms with Crippen molar-refractivity contribution in [1.29, 1.82) is 0 Å². The van der Waals surface area contributed by atoms with E-state index >= 15 is 8.78 Å². The second-order valence-corrected chi connectivity index (χ2v) is 22.2. The van der Waals surface area contributed by atoms with Crippen LogP contribution in [0.2, 0.25) is 16.6 Å². The van der Waals surface area contributed by atoms with Gasteiger partial charge >= 0.3 is 6.09 Å². The molecule has 9 heteroatoms. The van der Waals surface area contributed by atoms with E-state index in [0.717, 1.165) is 42.2 Å². The average molecular weight is 731 g/mol. The van der Waals surface area contributed by atoms with Gasteiger partial charge in [-0.25, -0.2) is 18.0 Å². The fourth-order valence-corrected chi connectivity index (χ4v) is 14.3. The molecule has 5 rings (SSSR count). The summed E-state index contributed by atoms with van der Waals surface area (Å²) in [6, 6.07) is 12.5. The second kappa shape index (κ2) is 15.1. The van der Waals surface area contributed by atoms with Crippen molar-refractivity contribution in [1.82, 2.24) is 9.80 Å². The van der Waals surface area contributed by atoms with Crippen LogP contribution in [0.15, 0.2) is 54.6 Å². The maximum absolute atomic E-state index is 16.5. The first-order chi connectivity index (χ1) is 24.4. The van der Waals surface area contributed by atoms with Crippen molar-refractivity contribution in [3.63, 3.8) is 0 Å². The van der Waals surface area contributed by atoms with Crippen molar-refractivity contribution in [3.05, 3.63) is 94.3 Å². The summed E-state index contributed by atoms with van der Waals surface area (Å²) in [6.07, 6.45) is 0.631. The summed E-state index contributed by atoms with van der Waals surface area (Å²) in [5, 5.41) is 9.31. The molecule has 52 heavy (non-hydrogen) atoms. The normalized spacial score (nSPS) is 17.5. The largest absolute Gasteiger partial charge is 0.465 e. The molecule has 2 aliphatic heterocycles. The zero-order valence-electron chi connectivity index (χ0n) is 32.0. The molecule has 1 N–H and O–H groups in total. The number of carbonyl (C=O) groups is 2. The molecule has 0 aromatic heterocycles. The Hall–Kier alpha value is -4.03. The maximum atomic E-state index is 16.5. The van der Waals surface area contributed by atoms with Crippen LogP contribution < -0.4 is 0 Å². The van der Waals surface area contributed by atoms with E-state index in [0.29, 0.717) is 35.3 Å². The van der Waals surface area contributed by atoms with Gasteiger partial charge in [-0.15, -0.1) is 11.5 Å². The molecule has 278 valence electrons. The monoisotopic (exact) mass is 730 g/mol. The molecule has 0 saturated carbocycles. The number of likely N-dealkylation sites (tertiary alicyclic amines) is 1. The summed E-state index contributed by atoms with van der Waals surface area (Å²) in [4.78, 5) is 29.0. The quantitative estimate of drug-likeness (QED) is 0.185. The number of hydrogen-bond acceptors (Lipinski definition) is 2. The van der Waals surface area contributed by atoms with Gasteiger partial charge < -0.3 is 14.9 Å². The lowest BCUT2D eigenvalue weighted by molar-refractivity contribution is 0.0434. The molecular weight excluding hydrogens is 678 g/mol. The molecule has 2 aliphatic rings. The van der Waals surface area contributed by atoms with Crippen LogP contribution in [0, 0.1) is 34.3 Å². The van der Waals surface area contributed by atoms with E-state index in [1.54, 1.807) is 11.0 Å². The summed E-state index contributed by atoms with van der Waals surface area (Å²) in [5.74, 6) is 1.41. The summed E-state index contributed by atoms with van der Waals surface area (Å²) >= 11 is 0. The van der Waals surface area contributed by atoms with Gasteiger partial charge in [0.05, 0.1) is 12.1 Å². The van der Waals surface area contributed by atoms with Crippen molar-refractivity contribution in [2.24, 2.45) is 5.41 Å². The number of amides is 2. The third-order valence-electron chi connectivity index (χ3n) is 11.6. The van der Waals surface area contributed by atoms with Crippen LogP contribution >= 0.6 is 0 Å². The highest BCUT2D eigenvalue weighted by Gasteiger charge is 2.49. The molecule has 2 amide bonds. The Balaban J connectivity index is 1.57. The lowest BCUT2D eigenvalue weighted by Gasteiger charge is -2.40. The van der Waals surface area contributed by atoms with Crippen LogP contribution in [-0.2, 0) is 0 Å². The van der Waals surface area contributed by atoms with Gasteiger partial charge in [-0.2, -0.15) is 0 Å². The zero-order chi connectivity index (χ0) is 38.3. The number of fused-ring (bicyclic) bond motifs is 1. The minimum atomic E-state index is -2.19. The van der Waals surface area contributed by atoms with E-state index in [4.69, 9.17) is 0 Å². The smallest absolute Gasteiger partial charge is 0.407 e. The molecule has 0 radical (unpaired) electrons. The second-order valence-electron chi connectivity index (χ2n) is 16.7. The van der Waals surface area contributed by atoms with Crippen molar-refractivity contribution >= 4 is 20.1 Å². The molecule has 5 nitrogen and oxygen atoms in total. The average Bonchev–Trinajstić information content (AvgIpc) is 3.38. The van der Waals surface area contributed by atoms with Gasteiger partial charge in [0.25, 0.3) is 5.91 Å². The van der Waals surface area contributed by atoms with E-state index < -0.39 is 55.0 Å². The molecule has 2 atom stereocenters. The van der Waals surface area contributed by atoms with E-state index in [1.165, 1.54) is 11.0 Å². The van der Waals surface area contributed by atoms with Gasteiger partial charge in [0, 0.05) is 36.2 Å². The van der Waals surface area contributed by atoms with Crippen LogP contribution in [-0.4, -0.2) is 48.1 Å². The fourth-order valence-electron chi connectivity index (χ4n) is 9.02. The van der Waals surface area contributed by atoms with Crippen LogP contribution in [0.5, 0.6) is 0 Å². The Bertz CT molecular complexity index is 1840. The lowest BCUT2D eigenvalue weighted by atomic mass is 9.80. The Morgan fingerprint density at radius 2 is 1.46 bits per heavy atom. The highest BCUT2D eigenvalue weighted by atomic mass is 28.3. The zero-order valence-corrected chi connectivity index (χ0v) is 33.0. The predicted molar refractivity (Wildman–Crippen MR) is 204 cm³/mol. The molecular formula is C43H53F3N2O3Si. The minimum Gasteiger partial charge on any atom is -0.465 e. The van der Waals surface area contributed by atoms with Gasteiger partial charge in [0.2, 0.25) is 0 Å². The molecule has 1 saturated heterocycles. The molecule has 3 aromatic rings. The SMILES string of the molecule is CC(C)[Si](C#CCC(c1cc(F)ccc1F)N1C(=O)c2cc(-c3ccc(C4CCN(C(=O)O)CC4)cc3)cc(F)c2C1C(C)(C)C)(C(C)C)C(C)C. The van der Waals surface area contributed by atoms with Crippen LogP contribution in [0.3, 0.4) is 0 Å². The number of piperidine rings is 1. The van der Waals surface area contributed by atoms with Crippen LogP contribution in [0.25, 0.3) is 11.1 Å². The van der Waals surface area contributed by atoms with Crippen molar-refractivity contribution in [2.75, 3.05) is 13.1 Å². The third-order valence-corrected chi connectivity index (χ3v) is 17.9. The highest BCUT2D eigenvalue weighted by Crippen LogP contribution is 2.51. The summed E-state index contributed by atoms with van der Waals surface area (Å²) in [6.45, 7) is 20.0. The van der Waals surface area contributed by atoms with Crippen LogP contribution in [0.1, 0.15) is 127 Å². The van der Waals surface area contributed by atoms with Crippen molar-refractivity contribution in [2.45, 2.75) is 116 Å². The molecule has 0 aliphatic carbocycles. The van der Waals surface area contributed by atoms with E-state index in [9.17, 15) is 19.1 Å². The van der Waals surface area contributed by atoms with Gasteiger partial charge in [0.1, 0.15) is 25.5 Å². The Labute approximate surface area is 308 Å². The molecule has 0 spiro atoms. The first-order valence-corrected chi connectivity index (χ1v) is 20.8. The number of halogens is 3. The predicted octanol–water partition coefficient (Wildman–Crippen LogP) is 11.5. The Morgan fingerprint density at radius 3 is 2.00 bits per heavy atom. The number of carbonyl (C=O) groups excluding carboxylic acids is 1. The summed E-state index contributed by atoms with van der Waals surface area (Å²) in [7, 11) is -2.19. The lowest BCUT2D eigenvalue weighted by Crippen LogP contribution is -2.43. The molecule has 2 heterocycles. The summed E-state index contributed by atoms with van der Waals surface area (Å²) < 4.78 is 47.1.